The molecule has 1 N–H and O–H groups in total. The number of likely N-dealkylation sites (tertiary alicyclic amines) is 1. The van der Waals surface area contributed by atoms with E-state index in [-0.39, 0.29) is 0 Å². The zero-order chi connectivity index (χ0) is 15.6. The van der Waals surface area contributed by atoms with Crippen LogP contribution in [0.2, 0.25) is 0 Å². The van der Waals surface area contributed by atoms with Crippen molar-refractivity contribution in [3.05, 3.63) is 0 Å². The lowest BCUT2D eigenvalue weighted by molar-refractivity contribution is -0.163. The number of nitrogens with one attached hydrogen (secondary N) is 1. The molecule has 0 aromatic carbocycles. The predicted octanol–water partition coefficient (Wildman–Crippen LogP) is 2.95. The third-order valence-corrected chi connectivity index (χ3v) is 4.48. The van der Waals surface area contributed by atoms with E-state index in [9.17, 15) is 18.0 Å². The number of carbonyl (C=O) groups excluding carboxylic acids is 1. The van der Waals surface area contributed by atoms with Crippen LogP contribution in [0.15, 0.2) is 0 Å². The van der Waals surface area contributed by atoms with E-state index in [2.05, 4.69) is 24.1 Å². The highest BCUT2D eigenvalue weighted by Gasteiger charge is 2.44. The highest BCUT2D eigenvalue weighted by Crippen LogP contribution is 2.36. The number of halogens is 3. The smallest absolute Gasteiger partial charge is 0.344 e. The van der Waals surface area contributed by atoms with Gasteiger partial charge in [-0.15, -0.1) is 0 Å². The Balaban J connectivity index is 2.69. The van der Waals surface area contributed by atoms with Crippen LogP contribution >= 0.6 is 0 Å². The van der Waals surface area contributed by atoms with Crippen LogP contribution in [-0.4, -0.2) is 42.2 Å². The second kappa shape index (κ2) is 6.33. The van der Waals surface area contributed by atoms with E-state index in [1.54, 1.807) is 0 Å². The number of nitrogens with zero attached hydrogens (tertiary/aromatic N) is 1. The SMILES string of the molecule is CCC1(C(=O)NC(C)C(F)(F)F)CCN(C(C)C)CC1. The molecule has 1 heterocycles. The zero-order valence-electron chi connectivity index (χ0n) is 12.7. The fourth-order valence-electron chi connectivity index (χ4n) is 2.64. The van der Waals surface area contributed by atoms with Gasteiger partial charge in [0.05, 0.1) is 5.41 Å². The van der Waals surface area contributed by atoms with Crippen molar-refractivity contribution in [3.63, 3.8) is 0 Å². The summed E-state index contributed by atoms with van der Waals surface area (Å²) in [5.74, 6) is -0.451. The number of piperidine rings is 1. The van der Waals surface area contributed by atoms with E-state index >= 15 is 0 Å². The highest BCUT2D eigenvalue weighted by atomic mass is 19.4. The van der Waals surface area contributed by atoms with Crippen molar-refractivity contribution in [1.29, 1.82) is 0 Å². The molecule has 1 aliphatic rings. The molecule has 6 heteroatoms. The molecule has 0 bridgehead atoms. The molecule has 0 aromatic rings. The average molecular weight is 294 g/mol. The Morgan fingerprint density at radius 3 is 2.10 bits per heavy atom. The van der Waals surface area contributed by atoms with Gasteiger partial charge in [-0.1, -0.05) is 6.92 Å². The summed E-state index contributed by atoms with van der Waals surface area (Å²) in [6.45, 7) is 8.57. The summed E-state index contributed by atoms with van der Waals surface area (Å²) in [5.41, 5.74) is -0.648. The number of hydrogen-bond acceptors (Lipinski definition) is 2. The lowest BCUT2D eigenvalue weighted by Gasteiger charge is -2.42. The molecule has 1 amide bonds. The van der Waals surface area contributed by atoms with Crippen LogP contribution < -0.4 is 5.32 Å². The fraction of sp³-hybridized carbons (Fsp3) is 0.929. The highest BCUT2D eigenvalue weighted by molar-refractivity contribution is 5.83. The van der Waals surface area contributed by atoms with Gasteiger partial charge in [0.15, 0.2) is 0 Å². The lowest BCUT2D eigenvalue weighted by atomic mass is 9.75. The number of amides is 1. The fourth-order valence-corrected chi connectivity index (χ4v) is 2.64. The monoisotopic (exact) mass is 294 g/mol. The molecule has 0 aromatic heterocycles. The van der Waals surface area contributed by atoms with Crippen LogP contribution in [0.25, 0.3) is 0 Å². The Bertz CT molecular complexity index is 334. The first-order chi connectivity index (χ1) is 9.12. The third kappa shape index (κ3) is 3.87. The molecule has 1 atom stereocenters. The van der Waals surface area contributed by atoms with E-state index in [1.165, 1.54) is 0 Å². The van der Waals surface area contributed by atoms with Crippen LogP contribution in [0.4, 0.5) is 13.2 Å². The first kappa shape index (κ1) is 17.3. The maximum absolute atomic E-state index is 12.6. The molecule has 1 rings (SSSR count). The normalized spacial score (nSPS) is 21.8. The Labute approximate surface area is 118 Å². The van der Waals surface area contributed by atoms with Gasteiger partial charge in [0.25, 0.3) is 0 Å². The van der Waals surface area contributed by atoms with E-state index in [1.807, 2.05) is 6.92 Å². The van der Waals surface area contributed by atoms with Crippen LogP contribution in [0.5, 0.6) is 0 Å². The standard InChI is InChI=1S/C14H25F3N2O/c1-5-13(6-8-19(9-7-13)10(2)3)12(20)18-11(4)14(15,16)17/h10-11H,5-9H2,1-4H3,(H,18,20). The van der Waals surface area contributed by atoms with Crippen molar-refractivity contribution in [1.82, 2.24) is 10.2 Å². The summed E-state index contributed by atoms with van der Waals surface area (Å²) in [7, 11) is 0. The van der Waals surface area contributed by atoms with Crippen molar-refractivity contribution in [2.45, 2.75) is 65.2 Å². The van der Waals surface area contributed by atoms with Gasteiger partial charge in [0.1, 0.15) is 6.04 Å². The van der Waals surface area contributed by atoms with Gasteiger partial charge in [0.2, 0.25) is 5.91 Å². The molecule has 1 fully saturated rings. The van der Waals surface area contributed by atoms with Crippen LogP contribution in [0.1, 0.15) is 47.0 Å². The minimum absolute atomic E-state index is 0.405. The van der Waals surface area contributed by atoms with E-state index < -0.39 is 23.5 Å². The summed E-state index contributed by atoms with van der Waals surface area (Å²) in [4.78, 5) is 14.5. The van der Waals surface area contributed by atoms with Gasteiger partial charge in [-0.3, -0.25) is 4.79 Å². The third-order valence-electron chi connectivity index (χ3n) is 4.48. The Morgan fingerprint density at radius 1 is 1.25 bits per heavy atom. The topological polar surface area (TPSA) is 32.3 Å². The lowest BCUT2D eigenvalue weighted by Crippen LogP contribution is -2.54. The maximum atomic E-state index is 12.6. The van der Waals surface area contributed by atoms with Crippen molar-refractivity contribution in [2.75, 3.05) is 13.1 Å². The molecule has 3 nitrogen and oxygen atoms in total. The van der Waals surface area contributed by atoms with Crippen LogP contribution in [0, 0.1) is 5.41 Å². The minimum Gasteiger partial charge on any atom is -0.344 e. The predicted molar refractivity (Wildman–Crippen MR) is 72.3 cm³/mol. The number of alkyl halides is 3. The Kier molecular flexibility index (Phi) is 5.46. The molecule has 1 saturated heterocycles. The van der Waals surface area contributed by atoms with Crippen molar-refractivity contribution >= 4 is 5.91 Å². The quantitative estimate of drug-likeness (QED) is 0.864. The molecule has 0 saturated carbocycles. The van der Waals surface area contributed by atoms with Gasteiger partial charge >= 0.3 is 6.18 Å². The zero-order valence-corrected chi connectivity index (χ0v) is 12.7. The minimum atomic E-state index is -4.39. The number of hydrogen-bond donors (Lipinski definition) is 1. The Morgan fingerprint density at radius 2 is 1.75 bits per heavy atom. The van der Waals surface area contributed by atoms with Crippen LogP contribution in [-0.2, 0) is 4.79 Å². The second-order valence-corrected chi connectivity index (χ2v) is 6.00. The first-order valence-electron chi connectivity index (χ1n) is 7.24. The van der Waals surface area contributed by atoms with E-state index in [0.717, 1.165) is 20.0 Å². The number of carbonyl (C=O) groups is 1. The molecule has 1 unspecified atom stereocenters. The Hall–Kier alpha value is -0.780. The summed E-state index contributed by atoms with van der Waals surface area (Å²) in [5, 5.41) is 2.14. The molecule has 0 radical (unpaired) electrons. The molecule has 0 spiro atoms. The summed E-state index contributed by atoms with van der Waals surface area (Å²) < 4.78 is 37.7. The van der Waals surface area contributed by atoms with E-state index in [4.69, 9.17) is 0 Å². The second-order valence-electron chi connectivity index (χ2n) is 6.00. The molecule has 0 aliphatic carbocycles. The summed E-state index contributed by atoms with van der Waals surface area (Å²) >= 11 is 0. The maximum Gasteiger partial charge on any atom is 0.408 e. The number of rotatable bonds is 4. The summed E-state index contributed by atoms with van der Waals surface area (Å²) in [6.07, 6.45) is -2.56. The molecule has 20 heavy (non-hydrogen) atoms. The first-order valence-corrected chi connectivity index (χ1v) is 7.24. The van der Waals surface area contributed by atoms with E-state index in [0.29, 0.717) is 25.3 Å². The van der Waals surface area contributed by atoms with Gasteiger partial charge in [0, 0.05) is 6.04 Å². The molecule has 1 aliphatic heterocycles. The molecular weight excluding hydrogens is 269 g/mol. The molecular formula is C14H25F3N2O. The van der Waals surface area contributed by atoms with Crippen molar-refractivity contribution in [3.8, 4) is 0 Å². The van der Waals surface area contributed by atoms with Gasteiger partial charge in [-0.2, -0.15) is 13.2 Å². The van der Waals surface area contributed by atoms with Gasteiger partial charge < -0.3 is 10.2 Å². The van der Waals surface area contributed by atoms with Crippen molar-refractivity contribution < 1.29 is 18.0 Å². The van der Waals surface area contributed by atoms with Crippen molar-refractivity contribution in [2.24, 2.45) is 5.41 Å². The van der Waals surface area contributed by atoms with Gasteiger partial charge in [-0.25, -0.2) is 0 Å². The van der Waals surface area contributed by atoms with Crippen LogP contribution in [0.3, 0.4) is 0 Å². The summed E-state index contributed by atoms with van der Waals surface area (Å²) in [6, 6.07) is -1.39. The van der Waals surface area contributed by atoms with Gasteiger partial charge in [-0.05, 0) is 53.1 Å². The average Bonchev–Trinajstić information content (AvgIpc) is 2.37. The molecule has 118 valence electrons. The largest absolute Gasteiger partial charge is 0.408 e.